The van der Waals surface area contributed by atoms with Crippen molar-refractivity contribution < 1.29 is 14.6 Å². The molecule has 0 aromatic heterocycles. The first-order chi connectivity index (χ1) is 7.15. The Morgan fingerprint density at radius 3 is 2.82 bits per heavy atom. The minimum atomic E-state index is -0.820. The Balaban J connectivity index is 0.00000128. The third-order valence-electron chi connectivity index (χ3n) is 2.52. The smallest absolute Gasteiger partial charge is 0.307 e. The molecule has 1 atom stereocenters. The number of carboxylic acids is 1. The predicted molar refractivity (Wildman–Crippen MR) is 69.3 cm³/mol. The molecule has 17 heavy (non-hydrogen) atoms. The second kappa shape index (κ2) is 6.13. The van der Waals surface area contributed by atoms with Crippen LogP contribution in [-0.2, 0) is 11.2 Å². The molecule has 0 aliphatic carbocycles. The number of carbonyl (C=O) groups is 1. The van der Waals surface area contributed by atoms with E-state index < -0.39 is 5.97 Å². The fourth-order valence-electron chi connectivity index (χ4n) is 1.80. The SMILES string of the molecule is C.C.Nc1ccc2c(c1)CCC(CC(=O)O)O2. The van der Waals surface area contributed by atoms with Gasteiger partial charge in [0.05, 0.1) is 6.42 Å². The van der Waals surface area contributed by atoms with Crippen LogP contribution in [0.4, 0.5) is 5.69 Å². The molecular weight excluding hydrogens is 218 g/mol. The number of benzene rings is 1. The third-order valence-corrected chi connectivity index (χ3v) is 2.52. The van der Waals surface area contributed by atoms with Crippen LogP contribution in [0.5, 0.6) is 5.75 Å². The molecule has 4 nitrogen and oxygen atoms in total. The summed E-state index contributed by atoms with van der Waals surface area (Å²) >= 11 is 0. The van der Waals surface area contributed by atoms with Crippen molar-refractivity contribution in [3.63, 3.8) is 0 Å². The van der Waals surface area contributed by atoms with Crippen molar-refractivity contribution >= 4 is 11.7 Å². The molecule has 1 heterocycles. The molecular formula is C13H21NO3. The molecule has 2 rings (SSSR count). The fourth-order valence-corrected chi connectivity index (χ4v) is 1.80. The summed E-state index contributed by atoms with van der Waals surface area (Å²) in [6.45, 7) is 0. The van der Waals surface area contributed by atoms with Crippen LogP contribution in [0, 0.1) is 0 Å². The normalized spacial score (nSPS) is 16.8. The number of nitrogens with two attached hydrogens (primary N) is 1. The molecule has 0 bridgehead atoms. The van der Waals surface area contributed by atoms with E-state index in [1.807, 2.05) is 6.07 Å². The monoisotopic (exact) mass is 239 g/mol. The number of aryl methyl sites for hydroxylation is 1. The quantitative estimate of drug-likeness (QED) is 0.778. The average molecular weight is 239 g/mol. The lowest BCUT2D eigenvalue weighted by Gasteiger charge is -2.25. The maximum Gasteiger partial charge on any atom is 0.307 e. The second-order valence-corrected chi connectivity index (χ2v) is 3.74. The van der Waals surface area contributed by atoms with Gasteiger partial charge in [0.1, 0.15) is 11.9 Å². The lowest BCUT2D eigenvalue weighted by molar-refractivity contribution is -0.139. The number of aliphatic carboxylic acids is 1. The number of carboxylic acid groups (broad SMARTS) is 1. The standard InChI is InChI=1S/C11H13NO3.2CH4/c12-8-2-4-10-7(5-8)1-3-9(15-10)6-11(13)14;;/h2,4-5,9H,1,3,6,12H2,(H,13,14);2*1H4. The molecule has 0 saturated heterocycles. The third kappa shape index (κ3) is 3.66. The summed E-state index contributed by atoms with van der Waals surface area (Å²) in [6, 6.07) is 5.45. The Kier molecular flexibility index (Phi) is 5.51. The van der Waals surface area contributed by atoms with Gasteiger partial charge < -0.3 is 15.6 Å². The summed E-state index contributed by atoms with van der Waals surface area (Å²) in [6.07, 6.45) is 1.42. The van der Waals surface area contributed by atoms with Crippen LogP contribution in [0.25, 0.3) is 0 Å². The average Bonchev–Trinajstić information content (AvgIpc) is 2.17. The van der Waals surface area contributed by atoms with Gasteiger partial charge in [-0.2, -0.15) is 0 Å². The van der Waals surface area contributed by atoms with E-state index in [0.29, 0.717) is 5.69 Å². The van der Waals surface area contributed by atoms with Gasteiger partial charge in [-0.15, -0.1) is 0 Å². The topological polar surface area (TPSA) is 72.6 Å². The zero-order valence-electron chi connectivity index (χ0n) is 8.27. The summed E-state index contributed by atoms with van der Waals surface area (Å²) < 4.78 is 5.56. The predicted octanol–water partition coefficient (Wildman–Crippen LogP) is 2.71. The molecule has 1 unspecified atom stereocenters. The Bertz CT molecular complexity index is 390. The maximum absolute atomic E-state index is 10.5. The molecule has 1 aliphatic heterocycles. The molecule has 0 amide bonds. The van der Waals surface area contributed by atoms with Gasteiger partial charge in [-0.05, 0) is 36.6 Å². The van der Waals surface area contributed by atoms with Crippen LogP contribution in [0.3, 0.4) is 0 Å². The van der Waals surface area contributed by atoms with Gasteiger partial charge in [-0.25, -0.2) is 0 Å². The summed E-state index contributed by atoms with van der Waals surface area (Å²) in [5.41, 5.74) is 7.43. The van der Waals surface area contributed by atoms with E-state index in [2.05, 4.69) is 0 Å². The molecule has 1 aliphatic rings. The van der Waals surface area contributed by atoms with E-state index >= 15 is 0 Å². The van der Waals surface area contributed by atoms with Gasteiger partial charge in [-0.1, -0.05) is 14.9 Å². The van der Waals surface area contributed by atoms with Crippen LogP contribution >= 0.6 is 0 Å². The highest BCUT2D eigenvalue weighted by atomic mass is 16.5. The minimum Gasteiger partial charge on any atom is -0.490 e. The number of hydrogen-bond acceptors (Lipinski definition) is 3. The molecule has 96 valence electrons. The van der Waals surface area contributed by atoms with Gasteiger partial charge >= 0.3 is 5.97 Å². The molecule has 0 radical (unpaired) electrons. The van der Waals surface area contributed by atoms with E-state index in [1.165, 1.54) is 0 Å². The number of nitrogen functional groups attached to an aromatic ring is 1. The van der Waals surface area contributed by atoms with Crippen molar-refractivity contribution in [1.82, 2.24) is 0 Å². The van der Waals surface area contributed by atoms with Crippen LogP contribution in [0.2, 0.25) is 0 Å². The summed E-state index contributed by atoms with van der Waals surface area (Å²) in [4.78, 5) is 10.5. The van der Waals surface area contributed by atoms with Crippen LogP contribution < -0.4 is 10.5 Å². The van der Waals surface area contributed by atoms with Crippen molar-refractivity contribution in [2.24, 2.45) is 0 Å². The zero-order valence-corrected chi connectivity index (χ0v) is 8.27. The first kappa shape index (κ1) is 15.3. The summed E-state index contributed by atoms with van der Waals surface area (Å²) in [5, 5.41) is 8.66. The van der Waals surface area contributed by atoms with Crippen LogP contribution in [0.1, 0.15) is 33.3 Å². The number of rotatable bonds is 2. The molecule has 4 heteroatoms. The Labute approximate surface area is 102 Å². The Hall–Kier alpha value is -1.71. The Morgan fingerprint density at radius 2 is 2.18 bits per heavy atom. The zero-order chi connectivity index (χ0) is 10.8. The van der Waals surface area contributed by atoms with E-state index in [4.69, 9.17) is 15.6 Å². The van der Waals surface area contributed by atoms with E-state index in [1.54, 1.807) is 12.1 Å². The summed E-state index contributed by atoms with van der Waals surface area (Å²) in [7, 11) is 0. The van der Waals surface area contributed by atoms with Crippen molar-refractivity contribution in [1.29, 1.82) is 0 Å². The summed E-state index contributed by atoms with van der Waals surface area (Å²) in [5.74, 6) is -0.0550. The van der Waals surface area contributed by atoms with E-state index in [9.17, 15) is 4.79 Å². The van der Waals surface area contributed by atoms with Gasteiger partial charge in [-0.3, -0.25) is 4.79 Å². The molecule has 3 N–H and O–H groups in total. The van der Waals surface area contributed by atoms with Crippen LogP contribution in [-0.4, -0.2) is 17.2 Å². The largest absolute Gasteiger partial charge is 0.490 e. The highest BCUT2D eigenvalue weighted by molar-refractivity contribution is 5.67. The lowest BCUT2D eigenvalue weighted by atomic mass is 10.00. The highest BCUT2D eigenvalue weighted by Crippen LogP contribution is 2.30. The molecule has 0 fully saturated rings. The number of fused-ring (bicyclic) bond motifs is 1. The molecule has 0 saturated carbocycles. The van der Waals surface area contributed by atoms with Gasteiger partial charge in [0, 0.05) is 5.69 Å². The minimum absolute atomic E-state index is 0. The molecule has 1 aromatic rings. The molecule has 1 aromatic carbocycles. The number of hydrogen-bond donors (Lipinski definition) is 2. The number of anilines is 1. The van der Waals surface area contributed by atoms with Crippen molar-refractivity contribution in [2.45, 2.75) is 40.2 Å². The lowest BCUT2D eigenvalue weighted by Crippen LogP contribution is -2.25. The van der Waals surface area contributed by atoms with E-state index in [0.717, 1.165) is 24.2 Å². The van der Waals surface area contributed by atoms with Crippen molar-refractivity contribution in [2.75, 3.05) is 5.73 Å². The first-order valence-corrected chi connectivity index (χ1v) is 4.92. The number of ether oxygens (including phenoxy) is 1. The van der Waals surface area contributed by atoms with E-state index in [-0.39, 0.29) is 27.4 Å². The van der Waals surface area contributed by atoms with Crippen LogP contribution in [0.15, 0.2) is 18.2 Å². The highest BCUT2D eigenvalue weighted by Gasteiger charge is 2.21. The Morgan fingerprint density at radius 1 is 1.47 bits per heavy atom. The molecule has 0 spiro atoms. The fraction of sp³-hybridized carbons (Fsp3) is 0.462. The van der Waals surface area contributed by atoms with Crippen molar-refractivity contribution in [3.8, 4) is 5.75 Å². The van der Waals surface area contributed by atoms with Gasteiger partial charge in [0.25, 0.3) is 0 Å². The maximum atomic E-state index is 10.5. The van der Waals surface area contributed by atoms with Gasteiger partial charge in [0.2, 0.25) is 0 Å². The first-order valence-electron chi connectivity index (χ1n) is 4.92. The van der Waals surface area contributed by atoms with Crippen molar-refractivity contribution in [3.05, 3.63) is 23.8 Å². The van der Waals surface area contributed by atoms with Gasteiger partial charge in [0.15, 0.2) is 0 Å². The second-order valence-electron chi connectivity index (χ2n) is 3.74.